The molecule has 0 saturated carbocycles. The van der Waals surface area contributed by atoms with Gasteiger partial charge in [0.2, 0.25) is 5.82 Å². The number of aromatic nitrogens is 3. The molecule has 2 heterocycles. The molecule has 0 saturated heterocycles. The molecule has 0 aliphatic heterocycles. The van der Waals surface area contributed by atoms with E-state index in [9.17, 15) is 17.6 Å². The number of hydrogen-bond acceptors (Lipinski definition) is 4. The molecule has 0 fully saturated rings. The SMILES string of the molecule is CC(Nc1ccnc2ccc(-c3ccc(F)cc3)cc12)c1cnc(C(F)(F)F)nc1. The van der Waals surface area contributed by atoms with Gasteiger partial charge in [-0.25, -0.2) is 14.4 Å². The Balaban J connectivity index is 1.65. The first-order chi connectivity index (χ1) is 14.3. The summed E-state index contributed by atoms with van der Waals surface area (Å²) in [7, 11) is 0. The van der Waals surface area contributed by atoms with E-state index in [0.29, 0.717) is 5.56 Å². The van der Waals surface area contributed by atoms with E-state index < -0.39 is 12.0 Å². The van der Waals surface area contributed by atoms with Crippen molar-refractivity contribution in [3.63, 3.8) is 0 Å². The minimum absolute atomic E-state index is 0.309. The molecule has 0 aliphatic carbocycles. The molecule has 4 rings (SSSR count). The highest BCUT2D eigenvalue weighted by atomic mass is 19.4. The largest absolute Gasteiger partial charge is 0.451 e. The number of alkyl halides is 3. The molecule has 1 atom stereocenters. The third kappa shape index (κ3) is 4.07. The van der Waals surface area contributed by atoms with Gasteiger partial charge in [0.15, 0.2) is 0 Å². The summed E-state index contributed by atoms with van der Waals surface area (Å²) < 4.78 is 51.2. The summed E-state index contributed by atoms with van der Waals surface area (Å²) in [6, 6.07) is 13.3. The van der Waals surface area contributed by atoms with Crippen molar-refractivity contribution in [3.8, 4) is 11.1 Å². The van der Waals surface area contributed by atoms with Crippen LogP contribution >= 0.6 is 0 Å². The van der Waals surface area contributed by atoms with Crippen molar-refractivity contribution in [1.82, 2.24) is 15.0 Å². The van der Waals surface area contributed by atoms with Gasteiger partial charge in [0.1, 0.15) is 5.82 Å². The van der Waals surface area contributed by atoms with Crippen molar-refractivity contribution >= 4 is 16.6 Å². The third-order valence-electron chi connectivity index (χ3n) is 4.72. The second-order valence-electron chi connectivity index (χ2n) is 6.80. The number of benzene rings is 2. The number of nitrogens with zero attached hydrogens (tertiary/aromatic N) is 3. The molecule has 2 aromatic carbocycles. The Hall–Kier alpha value is -3.55. The zero-order valence-corrected chi connectivity index (χ0v) is 15.8. The van der Waals surface area contributed by atoms with Crippen LogP contribution in [0.2, 0.25) is 0 Å². The fourth-order valence-corrected chi connectivity index (χ4v) is 3.12. The minimum Gasteiger partial charge on any atom is -0.378 e. The maximum Gasteiger partial charge on any atom is 0.451 e. The monoisotopic (exact) mass is 412 g/mol. The molecule has 0 aliphatic rings. The molecular formula is C22H16F4N4. The van der Waals surface area contributed by atoms with Crippen molar-refractivity contribution in [2.24, 2.45) is 0 Å². The second-order valence-corrected chi connectivity index (χ2v) is 6.80. The van der Waals surface area contributed by atoms with E-state index >= 15 is 0 Å². The van der Waals surface area contributed by atoms with Crippen LogP contribution in [0.15, 0.2) is 67.1 Å². The molecule has 0 amide bonds. The predicted octanol–water partition coefficient (Wildman–Crippen LogP) is 6.02. The number of fused-ring (bicyclic) bond motifs is 1. The number of nitrogens with one attached hydrogen (secondary N) is 1. The van der Waals surface area contributed by atoms with Gasteiger partial charge in [-0.3, -0.25) is 4.98 Å². The maximum absolute atomic E-state index is 13.2. The Morgan fingerprint density at radius 3 is 2.20 bits per heavy atom. The van der Waals surface area contributed by atoms with E-state index in [1.54, 1.807) is 24.4 Å². The van der Waals surface area contributed by atoms with Gasteiger partial charge in [-0.2, -0.15) is 13.2 Å². The average Bonchev–Trinajstić information content (AvgIpc) is 2.74. The molecule has 0 radical (unpaired) electrons. The summed E-state index contributed by atoms with van der Waals surface area (Å²) in [5, 5.41) is 4.12. The summed E-state index contributed by atoms with van der Waals surface area (Å²) in [5.74, 6) is -1.48. The number of hydrogen-bond donors (Lipinski definition) is 1. The van der Waals surface area contributed by atoms with E-state index in [-0.39, 0.29) is 11.9 Å². The molecule has 0 bridgehead atoms. The molecule has 1 N–H and O–H groups in total. The molecule has 152 valence electrons. The van der Waals surface area contributed by atoms with Crippen LogP contribution in [0, 0.1) is 5.82 Å². The summed E-state index contributed by atoms with van der Waals surface area (Å²) in [5.41, 5.74) is 3.78. The molecule has 30 heavy (non-hydrogen) atoms. The quantitative estimate of drug-likeness (QED) is 0.416. The van der Waals surface area contributed by atoms with Crippen molar-refractivity contribution in [2.75, 3.05) is 5.32 Å². The van der Waals surface area contributed by atoms with Crippen LogP contribution in [0.3, 0.4) is 0 Å². The smallest absolute Gasteiger partial charge is 0.378 e. The zero-order valence-electron chi connectivity index (χ0n) is 15.8. The molecular weight excluding hydrogens is 396 g/mol. The Morgan fingerprint density at radius 2 is 1.53 bits per heavy atom. The van der Waals surface area contributed by atoms with Crippen LogP contribution in [-0.4, -0.2) is 15.0 Å². The van der Waals surface area contributed by atoms with Gasteiger partial charge in [-0.05, 0) is 48.4 Å². The first kappa shape index (κ1) is 19.8. The van der Waals surface area contributed by atoms with Gasteiger partial charge in [0.25, 0.3) is 0 Å². The van der Waals surface area contributed by atoms with Gasteiger partial charge < -0.3 is 5.32 Å². The lowest BCUT2D eigenvalue weighted by Crippen LogP contribution is -2.13. The highest BCUT2D eigenvalue weighted by Crippen LogP contribution is 2.31. The van der Waals surface area contributed by atoms with Gasteiger partial charge in [-0.1, -0.05) is 18.2 Å². The van der Waals surface area contributed by atoms with Crippen molar-refractivity contribution in [1.29, 1.82) is 0 Å². The third-order valence-corrected chi connectivity index (χ3v) is 4.72. The van der Waals surface area contributed by atoms with Gasteiger partial charge in [0, 0.05) is 35.2 Å². The Kier molecular flexibility index (Phi) is 5.07. The minimum atomic E-state index is -4.58. The van der Waals surface area contributed by atoms with E-state index in [0.717, 1.165) is 27.7 Å². The Labute approximate surface area is 169 Å². The molecule has 8 heteroatoms. The van der Waals surface area contributed by atoms with Crippen molar-refractivity contribution < 1.29 is 17.6 Å². The Morgan fingerprint density at radius 1 is 0.867 bits per heavy atom. The lowest BCUT2D eigenvalue weighted by Gasteiger charge is -2.17. The molecule has 0 spiro atoms. The van der Waals surface area contributed by atoms with E-state index in [1.807, 2.05) is 25.1 Å². The first-order valence-electron chi connectivity index (χ1n) is 9.11. The van der Waals surface area contributed by atoms with Gasteiger partial charge in [-0.15, -0.1) is 0 Å². The second kappa shape index (κ2) is 7.70. The number of rotatable bonds is 4. The molecule has 2 aromatic heterocycles. The van der Waals surface area contributed by atoms with Crippen LogP contribution in [0.1, 0.15) is 24.4 Å². The molecule has 1 unspecified atom stereocenters. The topological polar surface area (TPSA) is 50.7 Å². The van der Waals surface area contributed by atoms with Crippen LogP contribution in [0.4, 0.5) is 23.2 Å². The number of pyridine rings is 1. The fourth-order valence-electron chi connectivity index (χ4n) is 3.12. The van der Waals surface area contributed by atoms with Crippen LogP contribution in [0.25, 0.3) is 22.0 Å². The molecule has 4 aromatic rings. The first-order valence-corrected chi connectivity index (χ1v) is 9.11. The van der Waals surface area contributed by atoms with Crippen molar-refractivity contribution in [3.05, 3.63) is 84.3 Å². The average molecular weight is 412 g/mol. The highest BCUT2D eigenvalue weighted by molar-refractivity contribution is 5.94. The lowest BCUT2D eigenvalue weighted by molar-refractivity contribution is -0.145. The number of anilines is 1. The van der Waals surface area contributed by atoms with Gasteiger partial charge in [0.05, 0.1) is 11.6 Å². The van der Waals surface area contributed by atoms with Crippen LogP contribution < -0.4 is 5.32 Å². The summed E-state index contributed by atoms with van der Waals surface area (Å²) in [6.45, 7) is 1.81. The lowest BCUT2D eigenvalue weighted by atomic mass is 10.0. The summed E-state index contributed by atoms with van der Waals surface area (Å²) in [4.78, 5) is 11.2. The maximum atomic E-state index is 13.2. The highest BCUT2D eigenvalue weighted by Gasteiger charge is 2.34. The predicted molar refractivity (Wildman–Crippen MR) is 106 cm³/mol. The van der Waals surface area contributed by atoms with Crippen LogP contribution in [-0.2, 0) is 6.18 Å². The number of halogens is 4. The van der Waals surface area contributed by atoms with E-state index in [4.69, 9.17) is 0 Å². The molecule has 4 nitrogen and oxygen atoms in total. The Bertz CT molecular complexity index is 1170. The van der Waals surface area contributed by atoms with Crippen LogP contribution in [0.5, 0.6) is 0 Å². The summed E-state index contributed by atoms with van der Waals surface area (Å²) in [6.07, 6.45) is -0.590. The fraction of sp³-hybridized carbons (Fsp3) is 0.136. The van der Waals surface area contributed by atoms with Crippen molar-refractivity contribution in [2.45, 2.75) is 19.1 Å². The van der Waals surface area contributed by atoms with E-state index in [2.05, 4.69) is 20.3 Å². The standard InChI is InChI=1S/C22H16F4N4/c1-13(16-11-28-21(29-12-16)22(24,25)26)30-20-8-9-27-19-7-4-15(10-18(19)20)14-2-5-17(23)6-3-14/h2-13H,1H3,(H,27,30). The zero-order chi connectivity index (χ0) is 21.3. The van der Waals surface area contributed by atoms with E-state index in [1.165, 1.54) is 24.5 Å². The normalized spacial score (nSPS) is 12.7. The van der Waals surface area contributed by atoms with Gasteiger partial charge >= 0.3 is 6.18 Å². The summed E-state index contributed by atoms with van der Waals surface area (Å²) >= 11 is 0.